The van der Waals surface area contributed by atoms with Gasteiger partial charge < -0.3 is 9.47 Å². The molecule has 11 rings (SSSR count). The Labute approximate surface area is 344 Å². The fourth-order valence-corrected chi connectivity index (χ4v) is 9.09. The summed E-state index contributed by atoms with van der Waals surface area (Å²) in [6, 6.07) is 83.9. The smallest absolute Gasteiger partial charge is 0.0547 e. The number of hydrogen-bond acceptors (Lipinski definition) is 1. The van der Waals surface area contributed by atoms with E-state index in [0.29, 0.717) is 0 Å². The summed E-state index contributed by atoms with van der Waals surface area (Å²) in [5.41, 5.74) is 14.4. The summed E-state index contributed by atoms with van der Waals surface area (Å²) in [5.74, 6) is 0. The van der Waals surface area contributed by atoms with Gasteiger partial charge >= 0.3 is 0 Å². The summed E-state index contributed by atoms with van der Waals surface area (Å²) in [6.07, 6.45) is 0.751. The normalized spacial score (nSPS) is 11.5. The van der Waals surface area contributed by atoms with E-state index in [-0.39, 0.29) is 0 Å². The molecule has 0 spiro atoms. The van der Waals surface area contributed by atoms with Crippen molar-refractivity contribution in [3.8, 4) is 27.9 Å². The van der Waals surface area contributed by atoms with Crippen LogP contribution in [0.3, 0.4) is 0 Å². The van der Waals surface area contributed by atoms with E-state index in [4.69, 9.17) is 0 Å². The Kier molecular flexibility index (Phi) is 8.60. The Morgan fingerprint density at radius 1 is 0.339 bits per heavy atom. The van der Waals surface area contributed by atoms with E-state index in [1.54, 1.807) is 0 Å². The van der Waals surface area contributed by atoms with Gasteiger partial charge in [0.15, 0.2) is 0 Å². The molecular weight excluding hydrogens is 713 g/mol. The number of benzene rings is 10. The molecule has 59 heavy (non-hydrogen) atoms. The molecule has 0 fully saturated rings. The monoisotopic (exact) mass is 752 g/mol. The van der Waals surface area contributed by atoms with Crippen molar-refractivity contribution in [2.75, 3.05) is 4.90 Å². The van der Waals surface area contributed by atoms with Gasteiger partial charge in [0, 0.05) is 39.9 Å². The maximum atomic E-state index is 2.47. The molecule has 10 aromatic carbocycles. The van der Waals surface area contributed by atoms with Gasteiger partial charge in [0.1, 0.15) is 0 Å². The lowest BCUT2D eigenvalue weighted by atomic mass is 9.97. The molecule has 2 nitrogen and oxygen atoms in total. The summed E-state index contributed by atoms with van der Waals surface area (Å²) in [6.45, 7) is 0. The lowest BCUT2D eigenvalue weighted by Crippen LogP contribution is -2.13. The molecule has 2 heteroatoms. The summed E-state index contributed by atoms with van der Waals surface area (Å²) in [7, 11) is 0. The molecule has 278 valence electrons. The fraction of sp³-hybridized carbons (Fsp3) is 0.0175. The minimum absolute atomic E-state index is 0.751. The SMILES string of the molecule is c1ccc(-c2ccc(N(c3ccc(-c4cccc5ccccc45)cc3)c3ccccc3Cc3ccccc3-n3c4ccccc4c4c5ccccc5ccc43)cc2)cc1. The minimum Gasteiger partial charge on any atom is -0.310 e. The number of anilines is 3. The van der Waals surface area contributed by atoms with E-state index in [2.05, 4.69) is 240 Å². The number of rotatable bonds is 8. The molecule has 1 aromatic heterocycles. The first kappa shape index (κ1) is 34.6. The standard InChI is InChI=1S/C57H40N2/c1-2-15-40(16-3-1)41-29-34-47(35-30-41)58(48-36-31-44(32-37-48)50-25-14-21-42-17-4-8-22-49(42)50)53-26-11-6-19-45(53)39-46-20-7-12-27-54(46)59-55-28-13-10-24-52(55)57-51-23-9-5-18-43(51)33-38-56(57)59/h1-38H,39H2. The van der Waals surface area contributed by atoms with Crippen molar-refractivity contribution >= 4 is 60.4 Å². The largest absolute Gasteiger partial charge is 0.310 e. The lowest BCUT2D eigenvalue weighted by molar-refractivity contribution is 1.09. The molecule has 0 unspecified atom stereocenters. The van der Waals surface area contributed by atoms with Crippen molar-refractivity contribution in [2.24, 2.45) is 0 Å². The summed E-state index contributed by atoms with van der Waals surface area (Å²) < 4.78 is 2.47. The van der Waals surface area contributed by atoms with Crippen molar-refractivity contribution in [1.82, 2.24) is 4.57 Å². The van der Waals surface area contributed by atoms with Gasteiger partial charge in [-0.1, -0.05) is 182 Å². The quantitative estimate of drug-likeness (QED) is 0.150. The zero-order chi connectivity index (χ0) is 39.1. The first-order valence-corrected chi connectivity index (χ1v) is 20.4. The Hall–Kier alpha value is -7.68. The molecule has 0 aliphatic heterocycles. The second-order valence-corrected chi connectivity index (χ2v) is 15.3. The zero-order valence-electron chi connectivity index (χ0n) is 32.5. The van der Waals surface area contributed by atoms with Gasteiger partial charge in [-0.25, -0.2) is 0 Å². The highest BCUT2D eigenvalue weighted by atomic mass is 15.1. The molecule has 0 N–H and O–H groups in total. The van der Waals surface area contributed by atoms with Gasteiger partial charge in [-0.05, 0) is 103 Å². The fourth-order valence-electron chi connectivity index (χ4n) is 9.09. The predicted octanol–water partition coefficient (Wildman–Crippen LogP) is 15.5. The van der Waals surface area contributed by atoms with Crippen LogP contribution in [0.2, 0.25) is 0 Å². The predicted molar refractivity (Wildman–Crippen MR) is 251 cm³/mol. The molecule has 11 aromatic rings. The van der Waals surface area contributed by atoms with Crippen LogP contribution >= 0.6 is 0 Å². The molecule has 0 bridgehead atoms. The van der Waals surface area contributed by atoms with Gasteiger partial charge in [-0.2, -0.15) is 0 Å². The summed E-state index contributed by atoms with van der Waals surface area (Å²) in [5, 5.41) is 7.61. The van der Waals surface area contributed by atoms with Crippen molar-refractivity contribution in [3.05, 3.63) is 242 Å². The molecular formula is C57H40N2. The molecule has 0 amide bonds. The maximum absolute atomic E-state index is 2.47. The van der Waals surface area contributed by atoms with E-state index < -0.39 is 0 Å². The summed E-state index contributed by atoms with van der Waals surface area (Å²) in [4.78, 5) is 2.42. The van der Waals surface area contributed by atoms with Crippen LogP contribution in [0, 0.1) is 0 Å². The second kappa shape index (κ2) is 14.7. The first-order chi connectivity index (χ1) is 29.3. The van der Waals surface area contributed by atoms with Gasteiger partial charge in [-0.3, -0.25) is 0 Å². The zero-order valence-corrected chi connectivity index (χ0v) is 32.5. The molecule has 1 heterocycles. The third kappa shape index (κ3) is 6.14. The van der Waals surface area contributed by atoms with E-state index in [9.17, 15) is 0 Å². The molecule has 0 aliphatic carbocycles. The number of fused-ring (bicyclic) bond motifs is 6. The van der Waals surface area contributed by atoms with Gasteiger partial charge in [0.05, 0.1) is 11.0 Å². The Morgan fingerprint density at radius 2 is 0.898 bits per heavy atom. The van der Waals surface area contributed by atoms with Crippen LogP contribution < -0.4 is 4.90 Å². The molecule has 0 atom stereocenters. The second-order valence-electron chi connectivity index (χ2n) is 15.3. The Balaban J connectivity index is 1.04. The Morgan fingerprint density at radius 3 is 1.68 bits per heavy atom. The van der Waals surface area contributed by atoms with Gasteiger partial charge in [0.25, 0.3) is 0 Å². The third-order valence-corrected chi connectivity index (χ3v) is 11.9. The van der Waals surface area contributed by atoms with E-state index in [1.165, 1.54) is 82.4 Å². The molecule has 0 aliphatic rings. The van der Waals surface area contributed by atoms with Crippen molar-refractivity contribution in [1.29, 1.82) is 0 Å². The minimum atomic E-state index is 0.751. The van der Waals surface area contributed by atoms with Crippen molar-refractivity contribution < 1.29 is 0 Å². The molecule has 0 saturated heterocycles. The van der Waals surface area contributed by atoms with Crippen molar-refractivity contribution in [2.45, 2.75) is 6.42 Å². The summed E-state index contributed by atoms with van der Waals surface area (Å²) >= 11 is 0. The van der Waals surface area contributed by atoms with Crippen LogP contribution in [0.4, 0.5) is 17.1 Å². The number of aromatic nitrogens is 1. The van der Waals surface area contributed by atoms with Crippen LogP contribution in [0.1, 0.15) is 11.1 Å². The highest BCUT2D eigenvalue weighted by Gasteiger charge is 2.20. The molecule has 0 radical (unpaired) electrons. The van der Waals surface area contributed by atoms with Crippen molar-refractivity contribution in [3.63, 3.8) is 0 Å². The van der Waals surface area contributed by atoms with Crippen LogP contribution in [-0.2, 0) is 6.42 Å². The maximum Gasteiger partial charge on any atom is 0.0547 e. The van der Waals surface area contributed by atoms with Crippen LogP contribution in [0.15, 0.2) is 231 Å². The third-order valence-electron chi connectivity index (χ3n) is 11.9. The Bertz CT molecular complexity index is 3280. The van der Waals surface area contributed by atoms with E-state index in [0.717, 1.165) is 23.5 Å². The number of para-hydroxylation sites is 3. The van der Waals surface area contributed by atoms with E-state index in [1.807, 2.05) is 0 Å². The highest BCUT2D eigenvalue weighted by molar-refractivity contribution is 6.21. The lowest BCUT2D eigenvalue weighted by Gasteiger charge is -2.28. The van der Waals surface area contributed by atoms with Crippen LogP contribution in [-0.4, -0.2) is 4.57 Å². The average molecular weight is 753 g/mol. The van der Waals surface area contributed by atoms with Gasteiger partial charge in [0.2, 0.25) is 0 Å². The van der Waals surface area contributed by atoms with Gasteiger partial charge in [-0.15, -0.1) is 0 Å². The number of nitrogens with zero attached hydrogens (tertiary/aromatic N) is 2. The van der Waals surface area contributed by atoms with E-state index >= 15 is 0 Å². The highest BCUT2D eigenvalue weighted by Crippen LogP contribution is 2.42. The molecule has 0 saturated carbocycles. The average Bonchev–Trinajstić information content (AvgIpc) is 3.65. The van der Waals surface area contributed by atoms with Crippen LogP contribution in [0.5, 0.6) is 0 Å². The van der Waals surface area contributed by atoms with Crippen LogP contribution in [0.25, 0.3) is 71.3 Å². The first-order valence-electron chi connectivity index (χ1n) is 20.4. The number of hydrogen-bond donors (Lipinski definition) is 0. The topological polar surface area (TPSA) is 8.17 Å².